The average molecular weight is 208 g/mol. The maximum Gasteiger partial charge on any atom is 0.122 e. The first-order chi connectivity index (χ1) is 7.36. The van der Waals surface area contributed by atoms with E-state index in [-0.39, 0.29) is 6.61 Å². The van der Waals surface area contributed by atoms with Crippen molar-refractivity contribution in [2.24, 2.45) is 0 Å². The van der Waals surface area contributed by atoms with Crippen LogP contribution < -0.4 is 4.74 Å². The highest BCUT2D eigenvalue weighted by molar-refractivity contribution is 5.46. The number of aliphatic hydroxyl groups excluding tert-OH is 1. The third-order valence-corrected chi connectivity index (χ3v) is 2.79. The Morgan fingerprint density at radius 2 is 2.27 bits per heavy atom. The molecule has 0 bridgehead atoms. The fourth-order valence-electron chi connectivity index (χ4n) is 2.02. The van der Waals surface area contributed by atoms with Crippen molar-refractivity contribution in [2.75, 3.05) is 13.7 Å². The van der Waals surface area contributed by atoms with Gasteiger partial charge in [0.15, 0.2) is 0 Å². The monoisotopic (exact) mass is 208 g/mol. The van der Waals surface area contributed by atoms with E-state index in [0.717, 1.165) is 18.6 Å². The van der Waals surface area contributed by atoms with Crippen LogP contribution in [0.5, 0.6) is 5.75 Å². The first-order valence-electron chi connectivity index (χ1n) is 5.23. The van der Waals surface area contributed by atoms with Gasteiger partial charge in [-0.3, -0.25) is 0 Å². The normalized spacial score (nSPS) is 14.0. The summed E-state index contributed by atoms with van der Waals surface area (Å²) in [5.41, 5.74) is 3.70. The van der Waals surface area contributed by atoms with Crippen LogP contribution in [0.2, 0.25) is 0 Å². The van der Waals surface area contributed by atoms with Crippen LogP contribution >= 0.6 is 0 Å². The Morgan fingerprint density at radius 1 is 1.40 bits per heavy atom. The highest BCUT2D eigenvalue weighted by Crippen LogP contribution is 2.31. The van der Waals surface area contributed by atoms with Gasteiger partial charge < -0.3 is 14.6 Å². The summed E-state index contributed by atoms with van der Waals surface area (Å²) in [5.74, 6) is 0.910. The van der Waals surface area contributed by atoms with E-state index in [1.54, 1.807) is 7.11 Å². The zero-order valence-corrected chi connectivity index (χ0v) is 8.95. The molecular weight excluding hydrogens is 192 g/mol. The minimum absolute atomic E-state index is 0.216. The number of benzene rings is 1. The lowest BCUT2D eigenvalue weighted by Crippen LogP contribution is -2.00. The summed E-state index contributed by atoms with van der Waals surface area (Å²) in [6.07, 6.45) is 1.62. The number of aliphatic hydroxyl groups is 1. The molecule has 1 aliphatic heterocycles. The van der Waals surface area contributed by atoms with Crippen molar-refractivity contribution in [1.82, 2.24) is 0 Å². The van der Waals surface area contributed by atoms with Crippen molar-refractivity contribution in [2.45, 2.75) is 26.1 Å². The average Bonchev–Trinajstić information content (AvgIpc) is 2.73. The van der Waals surface area contributed by atoms with Gasteiger partial charge in [0.1, 0.15) is 5.75 Å². The molecule has 3 heteroatoms. The molecule has 0 radical (unpaired) electrons. The van der Waals surface area contributed by atoms with Crippen LogP contribution in [-0.2, 0) is 24.4 Å². The van der Waals surface area contributed by atoms with Gasteiger partial charge in [-0.1, -0.05) is 6.07 Å². The van der Waals surface area contributed by atoms with E-state index < -0.39 is 0 Å². The van der Waals surface area contributed by atoms with Crippen LogP contribution in [-0.4, -0.2) is 18.8 Å². The summed E-state index contributed by atoms with van der Waals surface area (Å²) in [6, 6.07) is 4.05. The van der Waals surface area contributed by atoms with E-state index in [1.807, 2.05) is 6.07 Å². The van der Waals surface area contributed by atoms with Gasteiger partial charge in [0.25, 0.3) is 0 Å². The van der Waals surface area contributed by atoms with Crippen LogP contribution in [0, 0.1) is 0 Å². The molecule has 0 unspecified atom stereocenters. The SMILES string of the molecule is COc1ccc2c(c1CCCO)COC2. The summed E-state index contributed by atoms with van der Waals surface area (Å²) in [6.45, 7) is 1.59. The third kappa shape index (κ3) is 1.98. The summed E-state index contributed by atoms with van der Waals surface area (Å²) >= 11 is 0. The molecule has 1 heterocycles. The Morgan fingerprint density at radius 3 is 3.00 bits per heavy atom. The summed E-state index contributed by atoms with van der Waals surface area (Å²) in [5, 5.41) is 8.87. The fourth-order valence-corrected chi connectivity index (χ4v) is 2.02. The maximum absolute atomic E-state index is 8.87. The molecule has 0 aliphatic carbocycles. The molecule has 0 amide bonds. The Balaban J connectivity index is 2.34. The number of ether oxygens (including phenoxy) is 2. The fraction of sp³-hybridized carbons (Fsp3) is 0.500. The molecule has 0 atom stereocenters. The maximum atomic E-state index is 8.87. The van der Waals surface area contributed by atoms with Crippen molar-refractivity contribution < 1.29 is 14.6 Å². The number of hydrogen-bond donors (Lipinski definition) is 1. The lowest BCUT2D eigenvalue weighted by atomic mass is 9.98. The molecular formula is C12H16O3. The minimum atomic E-state index is 0.216. The van der Waals surface area contributed by atoms with Crippen molar-refractivity contribution in [3.05, 3.63) is 28.8 Å². The Bertz CT molecular complexity index is 347. The quantitative estimate of drug-likeness (QED) is 0.817. The Hall–Kier alpha value is -1.06. The van der Waals surface area contributed by atoms with Crippen molar-refractivity contribution in [3.63, 3.8) is 0 Å². The van der Waals surface area contributed by atoms with Crippen LogP contribution in [0.15, 0.2) is 12.1 Å². The van der Waals surface area contributed by atoms with Gasteiger partial charge in [-0.15, -0.1) is 0 Å². The predicted molar refractivity (Wildman–Crippen MR) is 56.9 cm³/mol. The molecule has 0 aromatic heterocycles. The molecule has 0 fully saturated rings. The number of rotatable bonds is 4. The molecule has 1 aromatic rings. The molecule has 0 saturated carbocycles. The van der Waals surface area contributed by atoms with Crippen LogP contribution in [0.25, 0.3) is 0 Å². The lowest BCUT2D eigenvalue weighted by Gasteiger charge is -2.12. The standard InChI is InChI=1S/C12H16O3/c1-14-12-5-4-9-7-15-8-11(9)10(12)3-2-6-13/h4-5,13H,2-3,6-8H2,1H3. The molecule has 82 valence electrons. The summed E-state index contributed by atoms with van der Waals surface area (Å²) in [7, 11) is 1.68. The van der Waals surface area contributed by atoms with E-state index in [2.05, 4.69) is 6.07 Å². The number of fused-ring (bicyclic) bond motifs is 1. The van der Waals surface area contributed by atoms with Gasteiger partial charge in [0.05, 0.1) is 20.3 Å². The second-order valence-corrected chi connectivity index (χ2v) is 3.70. The van der Waals surface area contributed by atoms with Gasteiger partial charge in [0.2, 0.25) is 0 Å². The molecule has 1 aliphatic rings. The zero-order valence-electron chi connectivity index (χ0n) is 8.95. The van der Waals surface area contributed by atoms with Crippen LogP contribution in [0.3, 0.4) is 0 Å². The minimum Gasteiger partial charge on any atom is -0.496 e. The van der Waals surface area contributed by atoms with E-state index in [1.165, 1.54) is 16.7 Å². The molecule has 15 heavy (non-hydrogen) atoms. The number of methoxy groups -OCH3 is 1. The van der Waals surface area contributed by atoms with Crippen molar-refractivity contribution in [1.29, 1.82) is 0 Å². The molecule has 0 saturated heterocycles. The van der Waals surface area contributed by atoms with E-state index in [9.17, 15) is 0 Å². The summed E-state index contributed by atoms with van der Waals surface area (Å²) in [4.78, 5) is 0. The predicted octanol–water partition coefficient (Wildman–Crippen LogP) is 1.65. The van der Waals surface area contributed by atoms with Crippen molar-refractivity contribution >= 4 is 0 Å². The first kappa shape index (κ1) is 10.5. The second-order valence-electron chi connectivity index (χ2n) is 3.70. The molecule has 1 aromatic carbocycles. The molecule has 3 nitrogen and oxygen atoms in total. The van der Waals surface area contributed by atoms with Gasteiger partial charge >= 0.3 is 0 Å². The molecule has 2 rings (SSSR count). The zero-order chi connectivity index (χ0) is 10.7. The second kappa shape index (κ2) is 4.64. The molecule has 0 spiro atoms. The lowest BCUT2D eigenvalue weighted by molar-refractivity contribution is 0.134. The number of hydrogen-bond acceptors (Lipinski definition) is 3. The highest BCUT2D eigenvalue weighted by atomic mass is 16.5. The van der Waals surface area contributed by atoms with Gasteiger partial charge in [0, 0.05) is 12.2 Å². The Kier molecular flexibility index (Phi) is 3.23. The van der Waals surface area contributed by atoms with Gasteiger partial charge in [-0.2, -0.15) is 0 Å². The van der Waals surface area contributed by atoms with Crippen LogP contribution in [0.1, 0.15) is 23.1 Å². The third-order valence-electron chi connectivity index (χ3n) is 2.79. The summed E-state index contributed by atoms with van der Waals surface area (Å²) < 4.78 is 10.7. The highest BCUT2D eigenvalue weighted by Gasteiger charge is 2.18. The first-order valence-corrected chi connectivity index (χ1v) is 5.23. The molecule has 1 N–H and O–H groups in total. The largest absolute Gasteiger partial charge is 0.496 e. The van der Waals surface area contributed by atoms with E-state index in [4.69, 9.17) is 14.6 Å². The van der Waals surface area contributed by atoms with Gasteiger partial charge in [-0.05, 0) is 30.0 Å². The smallest absolute Gasteiger partial charge is 0.122 e. The van der Waals surface area contributed by atoms with Gasteiger partial charge in [-0.25, -0.2) is 0 Å². The van der Waals surface area contributed by atoms with E-state index >= 15 is 0 Å². The van der Waals surface area contributed by atoms with Crippen molar-refractivity contribution in [3.8, 4) is 5.75 Å². The topological polar surface area (TPSA) is 38.7 Å². The van der Waals surface area contributed by atoms with Crippen LogP contribution in [0.4, 0.5) is 0 Å². The Labute approximate surface area is 89.6 Å². The van der Waals surface area contributed by atoms with E-state index in [0.29, 0.717) is 13.2 Å².